The molecule has 0 aromatic heterocycles. The lowest BCUT2D eigenvalue weighted by atomic mass is 10.0. The Morgan fingerprint density at radius 2 is 1.88 bits per heavy atom. The molecule has 0 saturated carbocycles. The number of hydrogen-bond donors (Lipinski definition) is 1. The molecule has 1 N–H and O–H groups in total. The zero-order valence-corrected chi connectivity index (χ0v) is 14.9. The van der Waals surface area contributed by atoms with Gasteiger partial charge in [0.25, 0.3) is 11.7 Å². The van der Waals surface area contributed by atoms with Crippen LogP contribution in [0.1, 0.15) is 39.5 Å². The van der Waals surface area contributed by atoms with Crippen LogP contribution in [0, 0.1) is 19.7 Å². The van der Waals surface area contributed by atoms with Crippen molar-refractivity contribution in [1.82, 2.24) is 5.32 Å². The SMILES string of the molecule is CCc1cc(C)c(OCc2c(F)cccc2C(=O)C(=O)NC)cc1C. The predicted molar refractivity (Wildman–Crippen MR) is 94.4 cm³/mol. The molecule has 4 nitrogen and oxygen atoms in total. The summed E-state index contributed by atoms with van der Waals surface area (Å²) in [6.45, 7) is 5.87. The minimum atomic E-state index is -0.786. The second kappa shape index (κ2) is 7.92. The number of hydrogen-bond acceptors (Lipinski definition) is 3. The first-order chi connectivity index (χ1) is 11.9. The molecular weight excluding hydrogens is 321 g/mol. The van der Waals surface area contributed by atoms with Gasteiger partial charge in [-0.25, -0.2) is 4.39 Å². The molecule has 0 bridgehead atoms. The van der Waals surface area contributed by atoms with E-state index in [1.807, 2.05) is 26.0 Å². The number of carbonyl (C=O) groups excluding carboxylic acids is 2. The van der Waals surface area contributed by atoms with Gasteiger partial charge in [-0.1, -0.05) is 25.1 Å². The normalized spacial score (nSPS) is 10.4. The third-order valence-electron chi connectivity index (χ3n) is 4.18. The molecule has 0 fully saturated rings. The van der Waals surface area contributed by atoms with Gasteiger partial charge >= 0.3 is 0 Å². The number of benzene rings is 2. The summed E-state index contributed by atoms with van der Waals surface area (Å²) in [5.41, 5.74) is 3.36. The summed E-state index contributed by atoms with van der Waals surface area (Å²) >= 11 is 0. The number of ether oxygens (including phenoxy) is 1. The van der Waals surface area contributed by atoms with E-state index in [0.717, 1.165) is 17.5 Å². The molecule has 132 valence electrons. The number of amides is 1. The van der Waals surface area contributed by atoms with Crippen LogP contribution in [-0.2, 0) is 17.8 Å². The van der Waals surface area contributed by atoms with Crippen LogP contribution in [0.15, 0.2) is 30.3 Å². The molecule has 0 aliphatic heterocycles. The fourth-order valence-electron chi connectivity index (χ4n) is 2.69. The third kappa shape index (κ3) is 4.05. The Labute approximate surface area is 147 Å². The number of halogens is 1. The minimum Gasteiger partial charge on any atom is -0.488 e. The number of likely N-dealkylation sites (N-methyl/N-ethyl adjacent to an activating group) is 1. The number of nitrogens with one attached hydrogen (secondary N) is 1. The molecule has 0 radical (unpaired) electrons. The molecule has 0 unspecified atom stereocenters. The van der Waals surface area contributed by atoms with Gasteiger partial charge in [0.15, 0.2) is 0 Å². The fraction of sp³-hybridized carbons (Fsp3) is 0.300. The van der Waals surface area contributed by atoms with Gasteiger partial charge in [0.1, 0.15) is 18.2 Å². The van der Waals surface area contributed by atoms with Gasteiger partial charge < -0.3 is 10.1 Å². The topological polar surface area (TPSA) is 55.4 Å². The lowest BCUT2D eigenvalue weighted by molar-refractivity contribution is -0.116. The van der Waals surface area contributed by atoms with Crippen molar-refractivity contribution < 1.29 is 18.7 Å². The minimum absolute atomic E-state index is 0.0129. The maximum absolute atomic E-state index is 14.2. The van der Waals surface area contributed by atoms with E-state index >= 15 is 0 Å². The van der Waals surface area contributed by atoms with Gasteiger partial charge in [-0.3, -0.25) is 9.59 Å². The van der Waals surface area contributed by atoms with E-state index in [-0.39, 0.29) is 17.7 Å². The van der Waals surface area contributed by atoms with Crippen LogP contribution < -0.4 is 10.1 Å². The van der Waals surface area contributed by atoms with E-state index in [9.17, 15) is 14.0 Å². The lowest BCUT2D eigenvalue weighted by Crippen LogP contribution is -2.28. The molecule has 25 heavy (non-hydrogen) atoms. The molecule has 0 heterocycles. The second-order valence-electron chi connectivity index (χ2n) is 5.86. The summed E-state index contributed by atoms with van der Waals surface area (Å²) in [4.78, 5) is 23.7. The number of ketones is 1. The Kier molecular flexibility index (Phi) is 5.91. The average Bonchev–Trinajstić information content (AvgIpc) is 2.61. The summed E-state index contributed by atoms with van der Waals surface area (Å²) in [5, 5.41) is 2.26. The van der Waals surface area contributed by atoms with Gasteiger partial charge in [-0.05, 0) is 49.1 Å². The molecule has 0 atom stereocenters. The van der Waals surface area contributed by atoms with Crippen LogP contribution in [0.25, 0.3) is 0 Å². The molecule has 2 aromatic carbocycles. The zero-order chi connectivity index (χ0) is 18.6. The largest absolute Gasteiger partial charge is 0.488 e. The van der Waals surface area contributed by atoms with Crippen molar-refractivity contribution in [2.24, 2.45) is 0 Å². The van der Waals surface area contributed by atoms with E-state index in [2.05, 4.69) is 12.2 Å². The molecule has 0 saturated heterocycles. The summed E-state index contributed by atoms with van der Waals surface area (Å²) in [7, 11) is 1.36. The van der Waals surface area contributed by atoms with Gasteiger partial charge in [0.05, 0.1) is 0 Å². The van der Waals surface area contributed by atoms with Crippen molar-refractivity contribution in [2.45, 2.75) is 33.8 Å². The van der Waals surface area contributed by atoms with Crippen molar-refractivity contribution in [3.8, 4) is 5.75 Å². The molecule has 0 aliphatic rings. The van der Waals surface area contributed by atoms with Crippen LogP contribution in [-0.4, -0.2) is 18.7 Å². The smallest absolute Gasteiger partial charge is 0.292 e. The number of carbonyl (C=O) groups is 2. The van der Waals surface area contributed by atoms with Crippen LogP contribution in [0.4, 0.5) is 4.39 Å². The predicted octanol–water partition coefficient (Wildman–Crippen LogP) is 3.51. The summed E-state index contributed by atoms with van der Waals surface area (Å²) in [5.74, 6) is -1.51. The van der Waals surface area contributed by atoms with Gasteiger partial charge in [-0.15, -0.1) is 0 Å². The molecule has 0 aliphatic carbocycles. The monoisotopic (exact) mass is 343 g/mol. The van der Waals surface area contributed by atoms with Crippen molar-refractivity contribution in [1.29, 1.82) is 0 Å². The van der Waals surface area contributed by atoms with E-state index in [1.165, 1.54) is 30.8 Å². The first-order valence-corrected chi connectivity index (χ1v) is 8.15. The van der Waals surface area contributed by atoms with E-state index < -0.39 is 17.5 Å². The molecule has 2 aromatic rings. The highest BCUT2D eigenvalue weighted by atomic mass is 19.1. The van der Waals surface area contributed by atoms with Gasteiger partial charge in [0, 0.05) is 18.2 Å². The highest BCUT2D eigenvalue weighted by Gasteiger charge is 2.21. The Balaban J connectivity index is 2.31. The Bertz CT molecular complexity index is 815. The number of Topliss-reactive ketones (excluding diaryl/α,β-unsaturated/α-hetero) is 1. The fourth-order valence-corrected chi connectivity index (χ4v) is 2.69. The van der Waals surface area contributed by atoms with Crippen molar-refractivity contribution in [3.05, 3.63) is 64.0 Å². The lowest BCUT2D eigenvalue weighted by Gasteiger charge is -2.15. The van der Waals surface area contributed by atoms with Gasteiger partial charge in [-0.2, -0.15) is 0 Å². The quantitative estimate of drug-likeness (QED) is 0.645. The molecule has 5 heteroatoms. The summed E-state index contributed by atoms with van der Waals surface area (Å²) in [6.07, 6.45) is 0.922. The average molecular weight is 343 g/mol. The first kappa shape index (κ1) is 18.6. The van der Waals surface area contributed by atoms with Crippen molar-refractivity contribution in [2.75, 3.05) is 7.05 Å². The number of rotatable bonds is 6. The third-order valence-corrected chi connectivity index (χ3v) is 4.18. The first-order valence-electron chi connectivity index (χ1n) is 8.15. The molecular formula is C20H22FNO3. The van der Waals surface area contributed by atoms with E-state index in [0.29, 0.717) is 5.75 Å². The summed E-state index contributed by atoms with van der Waals surface area (Å²) in [6, 6.07) is 8.04. The highest BCUT2D eigenvalue weighted by molar-refractivity contribution is 6.43. The van der Waals surface area contributed by atoms with Crippen LogP contribution >= 0.6 is 0 Å². The van der Waals surface area contributed by atoms with Gasteiger partial charge in [0.2, 0.25) is 0 Å². The summed E-state index contributed by atoms with van der Waals surface area (Å²) < 4.78 is 20.0. The van der Waals surface area contributed by atoms with Crippen molar-refractivity contribution >= 4 is 11.7 Å². The van der Waals surface area contributed by atoms with E-state index in [1.54, 1.807) is 0 Å². The van der Waals surface area contributed by atoms with Crippen LogP contribution in [0.5, 0.6) is 5.75 Å². The molecule has 2 rings (SSSR count). The maximum Gasteiger partial charge on any atom is 0.292 e. The Morgan fingerprint density at radius 3 is 2.52 bits per heavy atom. The standard InChI is InChI=1S/C20H22FNO3/c1-5-14-9-13(3)18(10-12(14)2)25-11-16-15(7-6-8-17(16)21)19(23)20(24)22-4/h6-10H,5,11H2,1-4H3,(H,22,24). The molecule has 0 spiro atoms. The van der Waals surface area contributed by atoms with Crippen LogP contribution in [0.3, 0.4) is 0 Å². The maximum atomic E-state index is 14.2. The highest BCUT2D eigenvalue weighted by Crippen LogP contribution is 2.25. The Hall–Kier alpha value is -2.69. The van der Waals surface area contributed by atoms with Crippen molar-refractivity contribution in [3.63, 3.8) is 0 Å². The molecule has 1 amide bonds. The number of aryl methyl sites for hydroxylation is 3. The van der Waals surface area contributed by atoms with Crippen LogP contribution in [0.2, 0.25) is 0 Å². The zero-order valence-electron chi connectivity index (χ0n) is 14.9. The Morgan fingerprint density at radius 1 is 1.16 bits per heavy atom. The van der Waals surface area contributed by atoms with E-state index in [4.69, 9.17) is 4.74 Å². The second-order valence-corrected chi connectivity index (χ2v) is 5.86.